The molecule has 1 aliphatic heterocycles. The predicted octanol–water partition coefficient (Wildman–Crippen LogP) is 0.983. The van der Waals surface area contributed by atoms with Gasteiger partial charge in [-0.15, -0.1) is 5.10 Å². The van der Waals surface area contributed by atoms with Gasteiger partial charge in [-0.25, -0.2) is 9.67 Å². The number of hydrogen-bond donors (Lipinski definition) is 1. The van der Waals surface area contributed by atoms with Gasteiger partial charge in [0.05, 0.1) is 24.0 Å². The van der Waals surface area contributed by atoms with Crippen LogP contribution in [0.3, 0.4) is 0 Å². The lowest BCUT2D eigenvalue weighted by molar-refractivity contribution is 0.107. The summed E-state index contributed by atoms with van der Waals surface area (Å²) in [5, 5.41) is 8.08. The number of aromatic nitrogens is 5. The van der Waals surface area contributed by atoms with Crippen LogP contribution in [0.1, 0.15) is 30.9 Å². The van der Waals surface area contributed by atoms with Gasteiger partial charge >= 0.3 is 0 Å². The summed E-state index contributed by atoms with van der Waals surface area (Å²) < 4.78 is 7.45. The highest BCUT2D eigenvalue weighted by Gasteiger charge is 2.35. The highest BCUT2D eigenvalue weighted by atomic mass is 16.5. The molecule has 1 saturated heterocycles. The van der Waals surface area contributed by atoms with Crippen molar-refractivity contribution >= 4 is 0 Å². The lowest BCUT2D eigenvalue weighted by atomic mass is 10.2. The van der Waals surface area contributed by atoms with Crippen molar-refractivity contribution in [3.05, 3.63) is 30.1 Å². The standard InChI is InChI=1S/C13H20N6O/c1-3-19-10(7-16-17-19)8-18-9-11(20-2)6-12(18)13-14-4-5-15-13/h4-5,7,11-12H,3,6,8-9H2,1-2H3,(H,14,15)/t11-,12?/m1/s1. The van der Waals surface area contributed by atoms with Crippen LogP contribution < -0.4 is 0 Å². The summed E-state index contributed by atoms with van der Waals surface area (Å²) in [6.07, 6.45) is 6.70. The average Bonchev–Trinajstić information content (AvgIpc) is 3.19. The van der Waals surface area contributed by atoms with Crippen LogP contribution in [0.25, 0.3) is 0 Å². The third-order valence-corrected chi connectivity index (χ3v) is 3.90. The summed E-state index contributed by atoms with van der Waals surface area (Å²) in [5.74, 6) is 1.00. The van der Waals surface area contributed by atoms with Crippen LogP contribution in [0.5, 0.6) is 0 Å². The van der Waals surface area contributed by atoms with Gasteiger partial charge in [-0.3, -0.25) is 4.90 Å². The Bertz CT molecular complexity index is 537. The lowest BCUT2D eigenvalue weighted by Crippen LogP contribution is -2.26. The number of nitrogens with zero attached hydrogens (tertiary/aromatic N) is 5. The molecule has 1 aliphatic rings. The van der Waals surface area contributed by atoms with E-state index in [0.717, 1.165) is 37.6 Å². The predicted molar refractivity (Wildman–Crippen MR) is 72.8 cm³/mol. The summed E-state index contributed by atoms with van der Waals surface area (Å²) in [5.41, 5.74) is 1.13. The molecule has 1 unspecified atom stereocenters. The van der Waals surface area contributed by atoms with Gasteiger partial charge in [0, 0.05) is 39.1 Å². The van der Waals surface area contributed by atoms with Gasteiger partial charge in [0.1, 0.15) is 5.82 Å². The molecule has 3 rings (SSSR count). The molecule has 2 aromatic rings. The molecule has 20 heavy (non-hydrogen) atoms. The minimum Gasteiger partial charge on any atom is -0.380 e. The maximum Gasteiger partial charge on any atom is 0.123 e. The number of methoxy groups -OCH3 is 1. The molecule has 7 nitrogen and oxygen atoms in total. The van der Waals surface area contributed by atoms with E-state index in [4.69, 9.17) is 4.74 Å². The van der Waals surface area contributed by atoms with Crippen molar-refractivity contribution in [3.63, 3.8) is 0 Å². The topological polar surface area (TPSA) is 71.9 Å². The Hall–Kier alpha value is -1.73. The fraction of sp³-hybridized carbons (Fsp3) is 0.615. The van der Waals surface area contributed by atoms with E-state index in [1.807, 2.05) is 17.1 Å². The van der Waals surface area contributed by atoms with Gasteiger partial charge in [-0.1, -0.05) is 5.21 Å². The number of hydrogen-bond acceptors (Lipinski definition) is 5. The second-order valence-electron chi connectivity index (χ2n) is 5.05. The molecule has 2 aromatic heterocycles. The van der Waals surface area contributed by atoms with Gasteiger partial charge in [-0.05, 0) is 13.3 Å². The van der Waals surface area contributed by atoms with Crippen molar-refractivity contribution in [1.82, 2.24) is 29.9 Å². The number of aromatic amines is 1. The van der Waals surface area contributed by atoms with Gasteiger partial charge in [-0.2, -0.15) is 0 Å². The molecule has 3 heterocycles. The second kappa shape index (κ2) is 5.72. The number of ether oxygens (including phenoxy) is 1. The van der Waals surface area contributed by atoms with Crippen LogP contribution in [0, 0.1) is 0 Å². The number of likely N-dealkylation sites (tertiary alicyclic amines) is 1. The van der Waals surface area contributed by atoms with E-state index in [0.29, 0.717) is 0 Å². The first-order chi connectivity index (χ1) is 9.81. The quantitative estimate of drug-likeness (QED) is 0.881. The highest BCUT2D eigenvalue weighted by Crippen LogP contribution is 2.32. The largest absolute Gasteiger partial charge is 0.380 e. The Morgan fingerprint density at radius 3 is 3.10 bits per heavy atom. The number of nitrogens with one attached hydrogen (secondary N) is 1. The first-order valence-corrected chi connectivity index (χ1v) is 6.95. The number of rotatable bonds is 5. The minimum absolute atomic E-state index is 0.246. The Morgan fingerprint density at radius 2 is 2.40 bits per heavy atom. The highest BCUT2D eigenvalue weighted by molar-refractivity contribution is 5.04. The normalized spacial score (nSPS) is 23.5. The first kappa shape index (κ1) is 13.3. The zero-order valence-corrected chi connectivity index (χ0v) is 11.9. The molecule has 0 saturated carbocycles. The molecule has 7 heteroatoms. The average molecular weight is 276 g/mol. The first-order valence-electron chi connectivity index (χ1n) is 6.95. The maximum atomic E-state index is 5.52. The molecule has 0 spiro atoms. The molecule has 0 bridgehead atoms. The van der Waals surface area contributed by atoms with Crippen LogP contribution in [-0.2, 0) is 17.8 Å². The number of H-pyrrole nitrogens is 1. The van der Waals surface area contributed by atoms with Crippen molar-refractivity contribution in [2.24, 2.45) is 0 Å². The molecule has 1 N–H and O–H groups in total. The van der Waals surface area contributed by atoms with E-state index in [1.54, 1.807) is 13.3 Å². The van der Waals surface area contributed by atoms with Crippen molar-refractivity contribution in [1.29, 1.82) is 0 Å². The summed E-state index contributed by atoms with van der Waals surface area (Å²) >= 11 is 0. The van der Waals surface area contributed by atoms with E-state index in [9.17, 15) is 0 Å². The third-order valence-electron chi connectivity index (χ3n) is 3.90. The van der Waals surface area contributed by atoms with Crippen LogP contribution in [0.15, 0.2) is 18.6 Å². The van der Waals surface area contributed by atoms with Crippen molar-refractivity contribution in [2.45, 2.75) is 38.6 Å². The lowest BCUT2D eigenvalue weighted by Gasteiger charge is -2.22. The minimum atomic E-state index is 0.246. The van der Waals surface area contributed by atoms with E-state index in [2.05, 4.69) is 32.1 Å². The number of aryl methyl sites for hydroxylation is 1. The fourth-order valence-electron chi connectivity index (χ4n) is 2.83. The van der Waals surface area contributed by atoms with Crippen LogP contribution in [0.2, 0.25) is 0 Å². The van der Waals surface area contributed by atoms with E-state index < -0.39 is 0 Å². The van der Waals surface area contributed by atoms with E-state index >= 15 is 0 Å². The van der Waals surface area contributed by atoms with Crippen LogP contribution in [-0.4, -0.2) is 49.6 Å². The van der Waals surface area contributed by atoms with Gasteiger partial charge in [0.25, 0.3) is 0 Å². The monoisotopic (exact) mass is 276 g/mol. The van der Waals surface area contributed by atoms with Crippen molar-refractivity contribution in [3.8, 4) is 0 Å². The Labute approximate surface area is 117 Å². The molecule has 1 fully saturated rings. The molecule has 0 radical (unpaired) electrons. The summed E-state index contributed by atoms with van der Waals surface area (Å²) in [6.45, 7) is 4.62. The molecule has 0 aromatic carbocycles. The summed E-state index contributed by atoms with van der Waals surface area (Å²) in [7, 11) is 1.77. The molecule has 0 aliphatic carbocycles. The van der Waals surface area contributed by atoms with Crippen LogP contribution in [0.4, 0.5) is 0 Å². The summed E-state index contributed by atoms with van der Waals surface area (Å²) in [6, 6.07) is 0.259. The molecule has 0 amide bonds. The molecule has 108 valence electrons. The van der Waals surface area contributed by atoms with Gasteiger partial charge in [0.2, 0.25) is 0 Å². The second-order valence-corrected chi connectivity index (χ2v) is 5.05. The van der Waals surface area contributed by atoms with Gasteiger partial charge in [0.15, 0.2) is 0 Å². The third kappa shape index (κ3) is 2.46. The van der Waals surface area contributed by atoms with E-state index in [-0.39, 0.29) is 12.1 Å². The Balaban J connectivity index is 1.79. The molecular formula is C13H20N6O. The zero-order chi connectivity index (χ0) is 13.9. The Kier molecular flexibility index (Phi) is 3.79. The maximum absolute atomic E-state index is 5.52. The van der Waals surface area contributed by atoms with Crippen molar-refractivity contribution < 1.29 is 4.74 Å². The zero-order valence-electron chi connectivity index (χ0n) is 11.9. The smallest absolute Gasteiger partial charge is 0.123 e. The molecular weight excluding hydrogens is 256 g/mol. The Morgan fingerprint density at radius 1 is 1.50 bits per heavy atom. The van der Waals surface area contributed by atoms with Crippen molar-refractivity contribution in [2.75, 3.05) is 13.7 Å². The SMILES string of the molecule is CCn1nncc1CN1C[C@H](OC)CC1c1ncc[nH]1. The molecule has 2 atom stereocenters. The van der Waals surface area contributed by atoms with E-state index in [1.165, 1.54) is 0 Å². The summed E-state index contributed by atoms with van der Waals surface area (Å²) in [4.78, 5) is 9.99. The number of imidazole rings is 1. The van der Waals surface area contributed by atoms with Gasteiger partial charge < -0.3 is 9.72 Å². The fourth-order valence-corrected chi connectivity index (χ4v) is 2.83. The van der Waals surface area contributed by atoms with Crippen LogP contribution >= 0.6 is 0 Å².